The average Bonchev–Trinajstić information content (AvgIpc) is 3.78. The van der Waals surface area contributed by atoms with Crippen molar-refractivity contribution in [3.05, 3.63) is 70.0 Å². The fourth-order valence-corrected chi connectivity index (χ4v) is 4.54. The summed E-state index contributed by atoms with van der Waals surface area (Å²) < 4.78 is 52.6. The van der Waals surface area contributed by atoms with Crippen molar-refractivity contribution >= 4 is 40.8 Å². The van der Waals surface area contributed by atoms with Gasteiger partial charge in [-0.15, -0.1) is 0 Å². The van der Waals surface area contributed by atoms with Crippen molar-refractivity contribution < 1.29 is 42.1 Å². The van der Waals surface area contributed by atoms with Gasteiger partial charge in [0.2, 0.25) is 5.91 Å². The number of methoxy groups -OCH3 is 2. The summed E-state index contributed by atoms with van der Waals surface area (Å²) in [6.07, 6.45) is 3.10. The molecule has 1 aliphatic carbocycles. The molecule has 1 atom stereocenters. The van der Waals surface area contributed by atoms with Crippen LogP contribution in [0.15, 0.2) is 48.8 Å². The number of ether oxygens (including phenoxy) is 5. The summed E-state index contributed by atoms with van der Waals surface area (Å²) in [4.78, 5) is 29.6. The maximum Gasteiger partial charge on any atom is 0.387 e. The maximum absolute atomic E-state index is 13.0. The number of rotatable bonds is 14. The standard InChI is InChI=1S/C29H28Cl2F2N2O7/c1-38-22-8-6-18(10-25(22)39-2)35-27(36)12-28(37)41-24(11-19-20(30)13-34-14-21(19)31)17-5-7-23(42-29(32)33)26(9-17)40-15-16-3-4-16/h5-10,13-14,16,24,29H,3-4,11-12,15H2,1-2H3,(H,35,36)/t24-/m0/s1. The Morgan fingerprint density at radius 2 is 1.67 bits per heavy atom. The molecule has 2 aromatic carbocycles. The second-order valence-electron chi connectivity index (χ2n) is 9.40. The van der Waals surface area contributed by atoms with Gasteiger partial charge < -0.3 is 29.0 Å². The van der Waals surface area contributed by atoms with Crippen LogP contribution in [0.25, 0.3) is 0 Å². The van der Waals surface area contributed by atoms with E-state index in [-0.39, 0.29) is 28.0 Å². The number of esters is 1. The Labute approximate surface area is 251 Å². The molecule has 0 saturated heterocycles. The van der Waals surface area contributed by atoms with Crippen LogP contribution in [-0.4, -0.2) is 44.3 Å². The van der Waals surface area contributed by atoms with Crippen molar-refractivity contribution in [3.63, 3.8) is 0 Å². The van der Waals surface area contributed by atoms with Gasteiger partial charge in [0, 0.05) is 30.6 Å². The maximum atomic E-state index is 13.0. The van der Waals surface area contributed by atoms with Gasteiger partial charge in [0.25, 0.3) is 0 Å². The van der Waals surface area contributed by atoms with E-state index in [4.69, 9.17) is 42.1 Å². The van der Waals surface area contributed by atoms with Crippen molar-refractivity contribution in [1.29, 1.82) is 0 Å². The molecule has 0 bridgehead atoms. The predicted octanol–water partition coefficient (Wildman–Crippen LogP) is 6.65. The molecule has 1 amide bonds. The van der Waals surface area contributed by atoms with E-state index in [1.54, 1.807) is 18.2 Å². The van der Waals surface area contributed by atoms with Crippen molar-refractivity contribution in [2.24, 2.45) is 5.92 Å². The Kier molecular flexibility index (Phi) is 10.6. The number of alkyl halides is 2. The third-order valence-electron chi connectivity index (χ3n) is 6.31. The van der Waals surface area contributed by atoms with Gasteiger partial charge >= 0.3 is 12.6 Å². The number of pyridine rings is 1. The van der Waals surface area contributed by atoms with Crippen LogP contribution < -0.4 is 24.3 Å². The van der Waals surface area contributed by atoms with Crippen LogP contribution in [0.5, 0.6) is 23.0 Å². The highest BCUT2D eigenvalue weighted by Gasteiger charge is 2.26. The number of anilines is 1. The first-order chi connectivity index (χ1) is 20.2. The lowest BCUT2D eigenvalue weighted by Gasteiger charge is -2.21. The summed E-state index contributed by atoms with van der Waals surface area (Å²) in [6, 6.07) is 8.98. The topological polar surface area (TPSA) is 105 Å². The van der Waals surface area contributed by atoms with E-state index < -0.39 is 31.0 Å². The zero-order chi connectivity index (χ0) is 30.2. The van der Waals surface area contributed by atoms with Gasteiger partial charge in [-0.3, -0.25) is 14.6 Å². The van der Waals surface area contributed by atoms with E-state index in [1.165, 1.54) is 44.8 Å². The Hall–Kier alpha value is -3.83. The van der Waals surface area contributed by atoms with Gasteiger partial charge in [0.15, 0.2) is 23.0 Å². The highest BCUT2D eigenvalue weighted by atomic mass is 35.5. The molecule has 0 spiro atoms. The minimum absolute atomic E-state index is 0.000338. The second-order valence-corrected chi connectivity index (χ2v) is 10.2. The van der Waals surface area contributed by atoms with Gasteiger partial charge in [-0.1, -0.05) is 29.3 Å². The molecule has 224 valence electrons. The normalized spacial score (nSPS) is 13.3. The third-order valence-corrected chi connectivity index (χ3v) is 6.97. The Morgan fingerprint density at radius 1 is 0.976 bits per heavy atom. The molecule has 42 heavy (non-hydrogen) atoms. The number of nitrogens with one attached hydrogen (secondary N) is 1. The highest BCUT2D eigenvalue weighted by molar-refractivity contribution is 6.35. The molecule has 1 aromatic heterocycles. The van der Waals surface area contributed by atoms with Gasteiger partial charge in [0.1, 0.15) is 12.5 Å². The molecule has 0 aliphatic heterocycles. The first kappa shape index (κ1) is 31.1. The summed E-state index contributed by atoms with van der Waals surface area (Å²) in [6.45, 7) is -2.74. The first-order valence-corrected chi connectivity index (χ1v) is 13.6. The van der Waals surface area contributed by atoms with Crippen LogP contribution in [0.2, 0.25) is 10.0 Å². The van der Waals surface area contributed by atoms with E-state index >= 15 is 0 Å². The fraction of sp³-hybridized carbons (Fsp3) is 0.345. The van der Waals surface area contributed by atoms with Crippen LogP contribution >= 0.6 is 23.2 Å². The van der Waals surface area contributed by atoms with Crippen molar-refractivity contribution in [2.75, 3.05) is 26.1 Å². The third kappa shape index (κ3) is 8.59. The number of nitrogens with zero attached hydrogens (tertiary/aromatic N) is 1. The molecule has 1 fully saturated rings. The molecule has 0 radical (unpaired) electrons. The largest absolute Gasteiger partial charge is 0.493 e. The smallest absolute Gasteiger partial charge is 0.387 e. The lowest BCUT2D eigenvalue weighted by Crippen LogP contribution is -2.21. The van der Waals surface area contributed by atoms with E-state index in [2.05, 4.69) is 15.0 Å². The van der Waals surface area contributed by atoms with Crippen LogP contribution in [0.3, 0.4) is 0 Å². The summed E-state index contributed by atoms with van der Waals surface area (Å²) >= 11 is 12.7. The lowest BCUT2D eigenvalue weighted by molar-refractivity contribution is -0.150. The zero-order valence-electron chi connectivity index (χ0n) is 22.7. The van der Waals surface area contributed by atoms with E-state index in [0.717, 1.165) is 12.8 Å². The fourth-order valence-electron chi connectivity index (χ4n) is 4.02. The summed E-state index contributed by atoms with van der Waals surface area (Å²) in [5, 5.41) is 3.08. The van der Waals surface area contributed by atoms with Crippen LogP contribution in [0.1, 0.15) is 36.5 Å². The van der Waals surface area contributed by atoms with Gasteiger partial charge in [0.05, 0.1) is 30.9 Å². The molecular weight excluding hydrogens is 597 g/mol. The summed E-state index contributed by atoms with van der Waals surface area (Å²) in [5.74, 6) is -0.389. The molecule has 1 saturated carbocycles. The lowest BCUT2D eigenvalue weighted by atomic mass is 10.0. The Morgan fingerprint density at radius 3 is 2.31 bits per heavy atom. The molecule has 9 nitrogen and oxygen atoms in total. The first-order valence-electron chi connectivity index (χ1n) is 12.9. The van der Waals surface area contributed by atoms with E-state index in [9.17, 15) is 18.4 Å². The molecule has 3 aromatic rings. The minimum atomic E-state index is -3.06. The van der Waals surface area contributed by atoms with Gasteiger partial charge in [-0.25, -0.2) is 0 Å². The quantitative estimate of drug-likeness (QED) is 0.157. The Balaban J connectivity index is 1.55. The Bertz CT molecular complexity index is 1400. The highest BCUT2D eigenvalue weighted by Crippen LogP contribution is 2.38. The minimum Gasteiger partial charge on any atom is -0.493 e. The van der Waals surface area contributed by atoms with Crippen LogP contribution in [0.4, 0.5) is 14.5 Å². The number of amides is 1. The monoisotopic (exact) mass is 624 g/mol. The number of aromatic nitrogens is 1. The molecule has 0 unspecified atom stereocenters. The zero-order valence-corrected chi connectivity index (χ0v) is 24.2. The number of hydrogen-bond donors (Lipinski definition) is 1. The van der Waals surface area contributed by atoms with E-state index in [1.807, 2.05) is 0 Å². The summed E-state index contributed by atoms with van der Waals surface area (Å²) in [5.41, 5.74) is 1.21. The molecular formula is C29H28Cl2F2N2O7. The predicted molar refractivity (Wildman–Crippen MR) is 151 cm³/mol. The van der Waals surface area contributed by atoms with Gasteiger partial charge in [-0.2, -0.15) is 8.78 Å². The summed E-state index contributed by atoms with van der Waals surface area (Å²) in [7, 11) is 2.94. The SMILES string of the molecule is COc1ccc(NC(=O)CC(=O)O[C@@H](Cc2c(Cl)cncc2Cl)c2ccc(OC(F)F)c(OCC3CC3)c2)cc1OC. The van der Waals surface area contributed by atoms with Crippen LogP contribution in [0, 0.1) is 5.92 Å². The van der Waals surface area contributed by atoms with Gasteiger partial charge in [-0.05, 0) is 54.2 Å². The van der Waals surface area contributed by atoms with Crippen LogP contribution in [-0.2, 0) is 20.7 Å². The molecule has 13 heteroatoms. The van der Waals surface area contributed by atoms with E-state index in [0.29, 0.717) is 40.8 Å². The van der Waals surface area contributed by atoms with Crippen molar-refractivity contribution in [1.82, 2.24) is 4.98 Å². The molecule has 1 heterocycles. The van der Waals surface area contributed by atoms with Crippen molar-refractivity contribution in [3.8, 4) is 23.0 Å². The second kappa shape index (κ2) is 14.4. The van der Waals surface area contributed by atoms with Crippen molar-refractivity contribution in [2.45, 2.75) is 38.4 Å². The number of benzene rings is 2. The molecule has 4 rings (SSSR count). The number of halogens is 4. The molecule has 1 N–H and O–H groups in total. The average molecular weight is 625 g/mol. The number of carbonyl (C=O) groups is 2. The number of carbonyl (C=O) groups excluding carboxylic acids is 2. The molecule has 1 aliphatic rings. The number of hydrogen-bond acceptors (Lipinski definition) is 8.